The van der Waals surface area contributed by atoms with Crippen molar-refractivity contribution in [1.82, 2.24) is 0 Å². The smallest absolute Gasteiger partial charge is 0.262 e. The van der Waals surface area contributed by atoms with E-state index in [0.717, 1.165) is 0 Å². The lowest BCUT2D eigenvalue weighted by Gasteiger charge is -2.12. The molecule has 2 aromatic rings. The lowest BCUT2D eigenvalue weighted by Crippen LogP contribution is -2.20. The van der Waals surface area contributed by atoms with Crippen molar-refractivity contribution in [2.45, 2.75) is 19.8 Å². The first-order chi connectivity index (χ1) is 11.0. The van der Waals surface area contributed by atoms with Gasteiger partial charge in [-0.25, -0.2) is 0 Å². The van der Waals surface area contributed by atoms with Crippen molar-refractivity contribution < 1.29 is 14.3 Å². The van der Waals surface area contributed by atoms with Crippen LogP contribution in [0.3, 0.4) is 0 Å². The highest BCUT2D eigenvalue weighted by atomic mass is 16.5. The number of nitrogens with one attached hydrogen (secondary N) is 1. The fourth-order valence-electron chi connectivity index (χ4n) is 2.10. The molecule has 0 aliphatic carbocycles. The molecule has 0 aromatic heterocycles. The second kappa shape index (κ2) is 7.54. The molecule has 0 aliphatic heterocycles. The average molecular weight is 314 g/mol. The second-order valence-corrected chi connectivity index (χ2v) is 5.52. The molecule has 122 valence electrons. The molecule has 0 unspecified atom stereocenters. The lowest BCUT2D eigenvalue weighted by atomic mass is 10.0. The van der Waals surface area contributed by atoms with Crippen molar-refractivity contribution in [3.05, 3.63) is 48.0 Å². The molecule has 0 radical (unpaired) electrons. The fourth-order valence-corrected chi connectivity index (χ4v) is 2.10. The van der Waals surface area contributed by atoms with E-state index in [-0.39, 0.29) is 12.5 Å². The van der Waals surface area contributed by atoms with Gasteiger partial charge < -0.3 is 20.5 Å². The van der Waals surface area contributed by atoms with E-state index in [1.807, 2.05) is 24.3 Å². The Balaban J connectivity index is 1.92. The van der Waals surface area contributed by atoms with E-state index in [2.05, 4.69) is 19.2 Å². The van der Waals surface area contributed by atoms with Gasteiger partial charge in [-0.3, -0.25) is 4.79 Å². The van der Waals surface area contributed by atoms with E-state index in [1.165, 1.54) is 12.7 Å². The van der Waals surface area contributed by atoms with E-state index in [4.69, 9.17) is 15.2 Å². The number of nitrogens with two attached hydrogens (primary N) is 1. The first kappa shape index (κ1) is 16.7. The normalized spacial score (nSPS) is 10.4. The summed E-state index contributed by atoms with van der Waals surface area (Å²) >= 11 is 0. The minimum atomic E-state index is -0.263. The van der Waals surface area contributed by atoms with Crippen molar-refractivity contribution in [3.63, 3.8) is 0 Å². The molecule has 0 bridgehead atoms. The predicted octanol–water partition coefficient (Wildman–Crippen LogP) is 3.42. The number of amides is 1. The summed E-state index contributed by atoms with van der Waals surface area (Å²) in [5.74, 6) is 1.37. The summed E-state index contributed by atoms with van der Waals surface area (Å²) in [6.07, 6.45) is 0. The zero-order chi connectivity index (χ0) is 16.8. The van der Waals surface area contributed by atoms with Gasteiger partial charge in [0.25, 0.3) is 5.91 Å². The molecule has 0 atom stereocenters. The molecule has 0 aliphatic rings. The summed E-state index contributed by atoms with van der Waals surface area (Å²) in [7, 11) is 1.53. The van der Waals surface area contributed by atoms with Gasteiger partial charge in [-0.15, -0.1) is 0 Å². The third-order valence-electron chi connectivity index (χ3n) is 3.42. The van der Waals surface area contributed by atoms with E-state index in [0.29, 0.717) is 28.8 Å². The van der Waals surface area contributed by atoms with E-state index < -0.39 is 0 Å². The molecule has 5 nitrogen and oxygen atoms in total. The molecule has 0 saturated heterocycles. The Kier molecular flexibility index (Phi) is 5.46. The van der Waals surface area contributed by atoms with Gasteiger partial charge in [0.2, 0.25) is 0 Å². The van der Waals surface area contributed by atoms with Crippen LogP contribution in [0.4, 0.5) is 11.4 Å². The molecule has 1 amide bonds. The van der Waals surface area contributed by atoms with Gasteiger partial charge in [-0.05, 0) is 35.7 Å². The monoisotopic (exact) mass is 314 g/mol. The molecule has 5 heteroatoms. The average Bonchev–Trinajstić information content (AvgIpc) is 2.55. The van der Waals surface area contributed by atoms with Crippen molar-refractivity contribution in [1.29, 1.82) is 0 Å². The van der Waals surface area contributed by atoms with E-state index in [1.54, 1.807) is 18.2 Å². The molecule has 0 saturated carbocycles. The number of benzene rings is 2. The van der Waals surface area contributed by atoms with Gasteiger partial charge in [0.1, 0.15) is 11.5 Å². The van der Waals surface area contributed by atoms with Crippen molar-refractivity contribution in [2.75, 3.05) is 24.8 Å². The number of methoxy groups -OCH3 is 1. The SMILES string of the molecule is COc1cc(N)ccc1NC(=O)COc1ccc(C(C)C)cc1. The number of rotatable bonds is 6. The van der Waals surface area contributed by atoms with Crippen LogP contribution < -0.4 is 20.5 Å². The van der Waals surface area contributed by atoms with Crippen LogP contribution in [0, 0.1) is 0 Å². The van der Waals surface area contributed by atoms with Crippen LogP contribution >= 0.6 is 0 Å². The number of ether oxygens (including phenoxy) is 2. The maximum atomic E-state index is 12.0. The van der Waals surface area contributed by atoms with Crippen LogP contribution in [0.5, 0.6) is 11.5 Å². The maximum Gasteiger partial charge on any atom is 0.262 e. The maximum absolute atomic E-state index is 12.0. The Morgan fingerprint density at radius 1 is 1.17 bits per heavy atom. The third-order valence-corrected chi connectivity index (χ3v) is 3.42. The summed E-state index contributed by atoms with van der Waals surface area (Å²) in [5.41, 5.74) is 8.05. The Hall–Kier alpha value is -2.69. The highest BCUT2D eigenvalue weighted by Gasteiger charge is 2.09. The Bertz CT molecular complexity index is 666. The number of nitrogen functional groups attached to an aromatic ring is 1. The van der Waals surface area contributed by atoms with Crippen molar-refractivity contribution in [2.24, 2.45) is 0 Å². The molecule has 0 fully saturated rings. The number of carbonyl (C=O) groups excluding carboxylic acids is 1. The van der Waals surface area contributed by atoms with Crippen LogP contribution in [-0.2, 0) is 4.79 Å². The third kappa shape index (κ3) is 4.64. The number of anilines is 2. The van der Waals surface area contributed by atoms with Crippen LogP contribution in [0.25, 0.3) is 0 Å². The molecule has 23 heavy (non-hydrogen) atoms. The summed E-state index contributed by atoms with van der Waals surface area (Å²) in [6, 6.07) is 12.8. The van der Waals surface area contributed by atoms with Crippen LogP contribution in [0.2, 0.25) is 0 Å². The quantitative estimate of drug-likeness (QED) is 0.801. The molecule has 3 N–H and O–H groups in total. The van der Waals surface area contributed by atoms with E-state index in [9.17, 15) is 4.79 Å². The fraction of sp³-hybridized carbons (Fsp3) is 0.278. The van der Waals surface area contributed by atoms with Crippen LogP contribution in [0.1, 0.15) is 25.3 Å². The first-order valence-electron chi connectivity index (χ1n) is 7.45. The molecular weight excluding hydrogens is 292 g/mol. The minimum Gasteiger partial charge on any atom is -0.494 e. The largest absolute Gasteiger partial charge is 0.494 e. The Morgan fingerprint density at radius 2 is 1.87 bits per heavy atom. The van der Waals surface area contributed by atoms with Gasteiger partial charge in [0.05, 0.1) is 12.8 Å². The molecule has 2 aromatic carbocycles. The van der Waals surface area contributed by atoms with Gasteiger partial charge in [0, 0.05) is 11.8 Å². The van der Waals surface area contributed by atoms with Crippen molar-refractivity contribution >= 4 is 17.3 Å². The zero-order valence-electron chi connectivity index (χ0n) is 13.6. The number of carbonyl (C=O) groups is 1. The summed E-state index contributed by atoms with van der Waals surface area (Å²) < 4.78 is 10.7. The molecule has 0 heterocycles. The van der Waals surface area contributed by atoms with Gasteiger partial charge in [-0.1, -0.05) is 26.0 Å². The summed E-state index contributed by atoms with van der Waals surface area (Å²) in [5, 5.41) is 2.74. The topological polar surface area (TPSA) is 73.6 Å². The van der Waals surface area contributed by atoms with Crippen LogP contribution in [0.15, 0.2) is 42.5 Å². The Morgan fingerprint density at radius 3 is 2.48 bits per heavy atom. The standard InChI is InChI=1S/C18H22N2O3/c1-12(2)13-4-7-15(8-5-13)23-11-18(21)20-16-9-6-14(19)10-17(16)22-3/h4-10,12H,11,19H2,1-3H3,(H,20,21). The highest BCUT2D eigenvalue weighted by Crippen LogP contribution is 2.26. The summed E-state index contributed by atoms with van der Waals surface area (Å²) in [4.78, 5) is 12.0. The Labute approximate surface area is 136 Å². The summed E-state index contributed by atoms with van der Waals surface area (Å²) in [6.45, 7) is 4.18. The van der Waals surface area contributed by atoms with Crippen molar-refractivity contribution in [3.8, 4) is 11.5 Å². The van der Waals surface area contributed by atoms with E-state index >= 15 is 0 Å². The number of hydrogen-bond donors (Lipinski definition) is 2. The van der Waals surface area contributed by atoms with Gasteiger partial charge in [-0.2, -0.15) is 0 Å². The van der Waals surface area contributed by atoms with Crippen LogP contribution in [-0.4, -0.2) is 19.6 Å². The van der Waals surface area contributed by atoms with Gasteiger partial charge in [0.15, 0.2) is 6.61 Å². The first-order valence-corrected chi connectivity index (χ1v) is 7.45. The second-order valence-electron chi connectivity index (χ2n) is 5.52. The lowest BCUT2D eigenvalue weighted by molar-refractivity contribution is -0.118. The van der Waals surface area contributed by atoms with Gasteiger partial charge >= 0.3 is 0 Å². The molecular formula is C18H22N2O3. The zero-order valence-corrected chi connectivity index (χ0v) is 13.6. The highest BCUT2D eigenvalue weighted by molar-refractivity contribution is 5.93. The molecule has 0 spiro atoms. The predicted molar refractivity (Wildman–Crippen MR) is 92.1 cm³/mol. The molecule has 2 rings (SSSR count). The number of hydrogen-bond acceptors (Lipinski definition) is 4. The minimum absolute atomic E-state index is 0.0748.